The molecule has 1 aliphatic rings. The first kappa shape index (κ1) is 13.2. The SMILES string of the molecule is CN(C(N)=NCCn1cncn1)C1CC1.I. The van der Waals surface area contributed by atoms with Crippen LogP contribution in [0, 0.1) is 0 Å². The Labute approximate surface area is 112 Å². The molecule has 16 heavy (non-hydrogen) atoms. The number of hydrogen-bond acceptors (Lipinski definition) is 3. The number of nitrogens with zero attached hydrogens (tertiary/aromatic N) is 5. The fourth-order valence-electron chi connectivity index (χ4n) is 1.38. The molecule has 7 heteroatoms. The van der Waals surface area contributed by atoms with Crippen molar-refractivity contribution in [3.05, 3.63) is 12.7 Å². The van der Waals surface area contributed by atoms with Crippen LogP contribution in [0.5, 0.6) is 0 Å². The highest BCUT2D eigenvalue weighted by molar-refractivity contribution is 14.0. The summed E-state index contributed by atoms with van der Waals surface area (Å²) in [6.45, 7) is 1.37. The molecule has 0 unspecified atom stereocenters. The summed E-state index contributed by atoms with van der Waals surface area (Å²) < 4.78 is 1.74. The molecule has 2 rings (SSSR count). The van der Waals surface area contributed by atoms with Crippen LogP contribution in [0.2, 0.25) is 0 Å². The molecule has 0 bridgehead atoms. The lowest BCUT2D eigenvalue weighted by Gasteiger charge is -2.16. The summed E-state index contributed by atoms with van der Waals surface area (Å²) >= 11 is 0. The van der Waals surface area contributed by atoms with Crippen LogP contribution in [0.25, 0.3) is 0 Å². The first-order chi connectivity index (χ1) is 7.27. The highest BCUT2D eigenvalue weighted by atomic mass is 127. The molecule has 0 aromatic carbocycles. The average molecular weight is 336 g/mol. The van der Waals surface area contributed by atoms with Crippen molar-refractivity contribution in [3.8, 4) is 0 Å². The third kappa shape index (κ3) is 3.62. The molecule has 0 saturated heterocycles. The number of guanidine groups is 1. The van der Waals surface area contributed by atoms with Gasteiger partial charge in [0.1, 0.15) is 12.7 Å². The van der Waals surface area contributed by atoms with E-state index in [0.29, 0.717) is 18.5 Å². The third-order valence-electron chi connectivity index (χ3n) is 2.53. The van der Waals surface area contributed by atoms with Crippen LogP contribution in [0.15, 0.2) is 17.6 Å². The van der Waals surface area contributed by atoms with Crippen molar-refractivity contribution in [2.45, 2.75) is 25.4 Å². The highest BCUT2D eigenvalue weighted by Crippen LogP contribution is 2.24. The summed E-state index contributed by atoms with van der Waals surface area (Å²) in [5.74, 6) is 0.623. The second-order valence-electron chi connectivity index (χ2n) is 3.74. The van der Waals surface area contributed by atoms with Crippen molar-refractivity contribution in [1.29, 1.82) is 0 Å². The van der Waals surface area contributed by atoms with Crippen LogP contribution in [-0.2, 0) is 6.54 Å². The smallest absolute Gasteiger partial charge is 0.191 e. The van der Waals surface area contributed by atoms with E-state index in [0.717, 1.165) is 6.54 Å². The fraction of sp³-hybridized carbons (Fsp3) is 0.667. The van der Waals surface area contributed by atoms with Gasteiger partial charge in [-0.3, -0.25) is 9.67 Å². The molecule has 1 aromatic heterocycles. The monoisotopic (exact) mass is 336 g/mol. The van der Waals surface area contributed by atoms with Gasteiger partial charge in [0.2, 0.25) is 0 Å². The predicted molar refractivity (Wildman–Crippen MR) is 72.7 cm³/mol. The fourth-order valence-corrected chi connectivity index (χ4v) is 1.38. The molecule has 1 saturated carbocycles. The van der Waals surface area contributed by atoms with Crippen LogP contribution in [-0.4, -0.2) is 45.3 Å². The number of rotatable bonds is 4. The van der Waals surface area contributed by atoms with E-state index in [4.69, 9.17) is 5.73 Å². The van der Waals surface area contributed by atoms with E-state index in [1.54, 1.807) is 11.0 Å². The third-order valence-corrected chi connectivity index (χ3v) is 2.53. The number of aliphatic imine (C=N–C) groups is 1. The summed E-state index contributed by atoms with van der Waals surface area (Å²) in [6.07, 6.45) is 5.66. The maximum absolute atomic E-state index is 5.83. The molecule has 1 aliphatic carbocycles. The van der Waals surface area contributed by atoms with Crippen LogP contribution in [0.1, 0.15) is 12.8 Å². The molecular formula is C9H17IN6. The van der Waals surface area contributed by atoms with Crippen LogP contribution in [0.4, 0.5) is 0 Å². The Hall–Kier alpha value is -0.860. The Morgan fingerprint density at radius 1 is 1.62 bits per heavy atom. The van der Waals surface area contributed by atoms with Crippen LogP contribution in [0.3, 0.4) is 0 Å². The summed E-state index contributed by atoms with van der Waals surface area (Å²) in [6, 6.07) is 0.611. The normalized spacial score (nSPS) is 15.7. The number of hydrogen-bond donors (Lipinski definition) is 1. The van der Waals surface area contributed by atoms with Gasteiger partial charge in [-0.15, -0.1) is 24.0 Å². The molecular weight excluding hydrogens is 319 g/mol. The topological polar surface area (TPSA) is 72.3 Å². The quantitative estimate of drug-likeness (QED) is 0.488. The molecule has 0 radical (unpaired) electrons. The highest BCUT2D eigenvalue weighted by Gasteiger charge is 2.27. The minimum Gasteiger partial charge on any atom is -0.370 e. The lowest BCUT2D eigenvalue weighted by atomic mass is 10.6. The van der Waals surface area contributed by atoms with Gasteiger partial charge >= 0.3 is 0 Å². The molecule has 6 nitrogen and oxygen atoms in total. The summed E-state index contributed by atoms with van der Waals surface area (Å²) in [7, 11) is 1.99. The van der Waals surface area contributed by atoms with E-state index in [-0.39, 0.29) is 24.0 Å². The Balaban J connectivity index is 0.00000128. The Morgan fingerprint density at radius 3 is 2.94 bits per heavy atom. The Bertz CT molecular complexity index is 332. The van der Waals surface area contributed by atoms with E-state index >= 15 is 0 Å². The molecule has 1 fully saturated rings. The predicted octanol–water partition coefficient (Wildman–Crippen LogP) is 0.305. The number of halogens is 1. The minimum atomic E-state index is 0. The molecule has 1 aromatic rings. The first-order valence-electron chi connectivity index (χ1n) is 5.12. The molecule has 0 spiro atoms. The summed E-state index contributed by atoms with van der Waals surface area (Å²) in [4.78, 5) is 10.2. The van der Waals surface area contributed by atoms with Crippen molar-refractivity contribution >= 4 is 29.9 Å². The van der Waals surface area contributed by atoms with Gasteiger partial charge in [-0.25, -0.2) is 4.98 Å². The van der Waals surface area contributed by atoms with Gasteiger partial charge < -0.3 is 10.6 Å². The van der Waals surface area contributed by atoms with Gasteiger partial charge in [0.15, 0.2) is 5.96 Å². The van der Waals surface area contributed by atoms with E-state index in [9.17, 15) is 0 Å². The van der Waals surface area contributed by atoms with Crippen LogP contribution < -0.4 is 5.73 Å². The largest absolute Gasteiger partial charge is 0.370 e. The molecule has 1 heterocycles. The molecule has 0 amide bonds. The van der Waals surface area contributed by atoms with Gasteiger partial charge in [-0.05, 0) is 12.8 Å². The Morgan fingerprint density at radius 2 is 2.38 bits per heavy atom. The molecule has 2 N–H and O–H groups in total. The van der Waals surface area contributed by atoms with Crippen molar-refractivity contribution in [2.24, 2.45) is 10.7 Å². The zero-order chi connectivity index (χ0) is 10.7. The average Bonchev–Trinajstić information content (AvgIpc) is 2.96. The second-order valence-corrected chi connectivity index (χ2v) is 3.74. The van der Waals surface area contributed by atoms with Gasteiger partial charge in [0.25, 0.3) is 0 Å². The van der Waals surface area contributed by atoms with Crippen molar-refractivity contribution < 1.29 is 0 Å². The summed E-state index contributed by atoms with van der Waals surface area (Å²) in [5, 5.41) is 3.99. The van der Waals surface area contributed by atoms with Gasteiger partial charge in [0.05, 0.1) is 13.1 Å². The zero-order valence-corrected chi connectivity index (χ0v) is 11.6. The van der Waals surface area contributed by atoms with Gasteiger partial charge in [0, 0.05) is 13.1 Å². The summed E-state index contributed by atoms with van der Waals surface area (Å²) in [5.41, 5.74) is 5.83. The second kappa shape index (κ2) is 6.02. The number of aromatic nitrogens is 3. The lowest BCUT2D eigenvalue weighted by Crippen LogP contribution is -2.36. The van der Waals surface area contributed by atoms with E-state index in [1.165, 1.54) is 19.2 Å². The maximum atomic E-state index is 5.83. The minimum absolute atomic E-state index is 0. The van der Waals surface area contributed by atoms with Gasteiger partial charge in [-0.1, -0.05) is 0 Å². The number of nitrogens with two attached hydrogens (primary N) is 1. The van der Waals surface area contributed by atoms with Crippen molar-refractivity contribution in [3.63, 3.8) is 0 Å². The van der Waals surface area contributed by atoms with E-state index < -0.39 is 0 Å². The van der Waals surface area contributed by atoms with E-state index in [2.05, 4.69) is 15.1 Å². The first-order valence-corrected chi connectivity index (χ1v) is 5.12. The lowest BCUT2D eigenvalue weighted by molar-refractivity contribution is 0.485. The standard InChI is InChI=1S/C9H16N6.HI/c1-14(8-2-3-8)9(10)12-4-5-15-7-11-6-13-15;/h6-8H,2-5H2,1H3,(H2,10,12);1H. The van der Waals surface area contributed by atoms with E-state index in [1.807, 2.05) is 11.9 Å². The van der Waals surface area contributed by atoms with Gasteiger partial charge in [-0.2, -0.15) is 5.10 Å². The molecule has 90 valence electrons. The maximum Gasteiger partial charge on any atom is 0.191 e. The molecule has 0 aliphatic heterocycles. The zero-order valence-electron chi connectivity index (χ0n) is 9.28. The van der Waals surface area contributed by atoms with Crippen LogP contribution >= 0.6 is 24.0 Å². The van der Waals surface area contributed by atoms with Crippen molar-refractivity contribution in [2.75, 3.05) is 13.6 Å². The molecule has 0 atom stereocenters. The Kier molecular flexibility index (Phi) is 4.97. The van der Waals surface area contributed by atoms with Crippen molar-refractivity contribution in [1.82, 2.24) is 19.7 Å².